The summed E-state index contributed by atoms with van der Waals surface area (Å²) in [5, 5.41) is 3.20. The molecule has 3 aliphatic heterocycles. The first-order valence-electron chi connectivity index (χ1n) is 9.41. The van der Waals surface area contributed by atoms with Crippen molar-refractivity contribution >= 4 is 6.03 Å². The van der Waals surface area contributed by atoms with E-state index in [-0.39, 0.29) is 12.1 Å². The van der Waals surface area contributed by atoms with Crippen LogP contribution in [0, 0.1) is 0 Å². The molecule has 3 heterocycles. The number of fused-ring (bicyclic) bond motifs is 1. The van der Waals surface area contributed by atoms with Crippen LogP contribution >= 0.6 is 0 Å². The zero-order chi connectivity index (χ0) is 17.1. The number of carbonyl (C=O) groups is 1. The summed E-state index contributed by atoms with van der Waals surface area (Å²) < 4.78 is 11.4. The minimum absolute atomic E-state index is 0.0402. The molecular formula is C19H27N3O3. The molecule has 136 valence electrons. The summed E-state index contributed by atoms with van der Waals surface area (Å²) in [6, 6.07) is 8.06. The van der Waals surface area contributed by atoms with Crippen LogP contribution in [0.4, 0.5) is 4.79 Å². The van der Waals surface area contributed by atoms with Crippen LogP contribution in [0.3, 0.4) is 0 Å². The molecule has 2 amide bonds. The maximum absolute atomic E-state index is 12.7. The van der Waals surface area contributed by atoms with Gasteiger partial charge >= 0.3 is 6.03 Å². The molecule has 25 heavy (non-hydrogen) atoms. The van der Waals surface area contributed by atoms with E-state index in [1.807, 2.05) is 29.2 Å². The van der Waals surface area contributed by atoms with Crippen molar-refractivity contribution in [2.75, 3.05) is 45.9 Å². The van der Waals surface area contributed by atoms with Crippen LogP contribution in [-0.2, 0) is 4.74 Å². The van der Waals surface area contributed by atoms with Crippen molar-refractivity contribution in [3.63, 3.8) is 0 Å². The lowest BCUT2D eigenvalue weighted by Gasteiger charge is -2.37. The maximum Gasteiger partial charge on any atom is 0.317 e. The summed E-state index contributed by atoms with van der Waals surface area (Å²) in [5.41, 5.74) is 1.08. The standard InChI is InChI=1S/C19H27N3O3/c23-19(20-17-7-13-25-18-6-2-1-5-16(17)18)22-10-8-21(9-11-22)14-15-4-3-12-24-15/h1-2,5-6,15,17H,3-4,7-14H2,(H,20,23)/t15-,17+/m1/s1. The van der Waals surface area contributed by atoms with Crippen molar-refractivity contribution in [2.45, 2.75) is 31.4 Å². The first-order valence-corrected chi connectivity index (χ1v) is 9.41. The van der Waals surface area contributed by atoms with Gasteiger partial charge in [0.25, 0.3) is 0 Å². The molecule has 6 heteroatoms. The van der Waals surface area contributed by atoms with Crippen LogP contribution < -0.4 is 10.1 Å². The van der Waals surface area contributed by atoms with Crippen molar-refractivity contribution in [1.82, 2.24) is 15.1 Å². The van der Waals surface area contributed by atoms with E-state index in [4.69, 9.17) is 9.47 Å². The molecule has 2 saturated heterocycles. The lowest BCUT2D eigenvalue weighted by atomic mass is 10.0. The van der Waals surface area contributed by atoms with Gasteiger partial charge < -0.3 is 19.7 Å². The molecule has 6 nitrogen and oxygen atoms in total. The van der Waals surface area contributed by atoms with Crippen molar-refractivity contribution in [3.8, 4) is 5.75 Å². The first-order chi connectivity index (χ1) is 12.3. The molecule has 4 rings (SSSR count). The van der Waals surface area contributed by atoms with Gasteiger partial charge in [0.1, 0.15) is 5.75 Å². The minimum atomic E-state index is 0.0402. The second-order valence-corrected chi connectivity index (χ2v) is 7.10. The molecule has 0 saturated carbocycles. The number of benzene rings is 1. The Morgan fingerprint density at radius 1 is 1.12 bits per heavy atom. The molecule has 0 radical (unpaired) electrons. The fraction of sp³-hybridized carbons (Fsp3) is 0.632. The van der Waals surface area contributed by atoms with Crippen molar-refractivity contribution in [3.05, 3.63) is 29.8 Å². The molecule has 2 fully saturated rings. The number of hydrogen-bond donors (Lipinski definition) is 1. The number of ether oxygens (including phenoxy) is 2. The van der Waals surface area contributed by atoms with Crippen molar-refractivity contribution in [1.29, 1.82) is 0 Å². The van der Waals surface area contributed by atoms with Crippen LogP contribution in [0.2, 0.25) is 0 Å². The Bertz CT molecular complexity index is 595. The lowest BCUT2D eigenvalue weighted by molar-refractivity contribution is 0.0557. The Kier molecular flexibility index (Phi) is 5.08. The molecule has 0 unspecified atom stereocenters. The zero-order valence-corrected chi connectivity index (χ0v) is 14.7. The van der Waals surface area contributed by atoms with Gasteiger partial charge in [0.15, 0.2) is 0 Å². The highest BCUT2D eigenvalue weighted by molar-refractivity contribution is 5.75. The molecule has 1 N–H and O–H groups in total. The van der Waals surface area contributed by atoms with Gasteiger partial charge in [-0.3, -0.25) is 4.90 Å². The van der Waals surface area contributed by atoms with Crippen LogP contribution in [0.1, 0.15) is 30.9 Å². The number of nitrogens with one attached hydrogen (secondary N) is 1. The third-order valence-electron chi connectivity index (χ3n) is 5.40. The number of amides is 2. The van der Waals surface area contributed by atoms with Gasteiger partial charge in [-0.2, -0.15) is 0 Å². The SMILES string of the molecule is O=C(N[C@H]1CCOc2ccccc21)N1CCN(C[C@H]2CCCO2)CC1. The lowest BCUT2D eigenvalue weighted by Crippen LogP contribution is -2.53. The topological polar surface area (TPSA) is 54.0 Å². The zero-order valence-electron chi connectivity index (χ0n) is 14.7. The normalized spacial score (nSPS) is 26.8. The summed E-state index contributed by atoms with van der Waals surface area (Å²) in [6.07, 6.45) is 3.56. The number of rotatable bonds is 3. The molecular weight excluding hydrogens is 318 g/mol. The Hall–Kier alpha value is -1.79. The summed E-state index contributed by atoms with van der Waals surface area (Å²) in [7, 11) is 0. The molecule has 0 bridgehead atoms. The molecule has 0 spiro atoms. The maximum atomic E-state index is 12.7. The number of piperazine rings is 1. The van der Waals surface area contributed by atoms with Gasteiger partial charge in [-0.05, 0) is 18.9 Å². The Morgan fingerprint density at radius 2 is 1.96 bits per heavy atom. The minimum Gasteiger partial charge on any atom is -0.493 e. The van der Waals surface area contributed by atoms with E-state index in [1.165, 1.54) is 12.8 Å². The van der Waals surface area contributed by atoms with Crippen LogP contribution in [0.25, 0.3) is 0 Å². The van der Waals surface area contributed by atoms with E-state index in [0.29, 0.717) is 12.7 Å². The summed E-state index contributed by atoms with van der Waals surface area (Å²) >= 11 is 0. The highest BCUT2D eigenvalue weighted by atomic mass is 16.5. The van der Waals surface area contributed by atoms with Gasteiger partial charge in [0, 0.05) is 51.3 Å². The smallest absolute Gasteiger partial charge is 0.317 e. The fourth-order valence-electron chi connectivity index (χ4n) is 3.94. The summed E-state index contributed by atoms with van der Waals surface area (Å²) in [5.74, 6) is 0.889. The van der Waals surface area contributed by atoms with Gasteiger partial charge in [-0.15, -0.1) is 0 Å². The van der Waals surface area contributed by atoms with Gasteiger partial charge in [0.2, 0.25) is 0 Å². The number of nitrogens with zero attached hydrogens (tertiary/aromatic N) is 2. The van der Waals surface area contributed by atoms with Crippen LogP contribution in [-0.4, -0.2) is 67.9 Å². The molecule has 1 aromatic rings. The van der Waals surface area contributed by atoms with Gasteiger partial charge in [0.05, 0.1) is 18.8 Å². The van der Waals surface area contributed by atoms with E-state index in [0.717, 1.165) is 57.1 Å². The first kappa shape index (κ1) is 16.7. The predicted octanol–water partition coefficient (Wildman–Crippen LogP) is 2.02. The number of hydrogen-bond acceptors (Lipinski definition) is 4. The molecule has 0 aromatic heterocycles. The van der Waals surface area contributed by atoms with E-state index in [9.17, 15) is 4.79 Å². The Balaban J connectivity index is 1.28. The highest BCUT2D eigenvalue weighted by Gasteiger charge is 2.28. The molecule has 3 aliphatic rings. The van der Waals surface area contributed by atoms with Gasteiger partial charge in [-0.1, -0.05) is 18.2 Å². The Morgan fingerprint density at radius 3 is 2.76 bits per heavy atom. The Labute approximate surface area is 149 Å². The summed E-state index contributed by atoms with van der Waals surface area (Å²) in [6.45, 7) is 5.97. The van der Waals surface area contributed by atoms with E-state index < -0.39 is 0 Å². The van der Waals surface area contributed by atoms with E-state index >= 15 is 0 Å². The average molecular weight is 345 g/mol. The average Bonchev–Trinajstić information content (AvgIpc) is 3.16. The number of carbonyl (C=O) groups excluding carboxylic acids is 1. The van der Waals surface area contributed by atoms with Crippen LogP contribution in [0.15, 0.2) is 24.3 Å². The predicted molar refractivity (Wildman–Crippen MR) is 94.8 cm³/mol. The van der Waals surface area contributed by atoms with Crippen LogP contribution in [0.5, 0.6) is 5.75 Å². The quantitative estimate of drug-likeness (QED) is 0.911. The highest BCUT2D eigenvalue weighted by Crippen LogP contribution is 2.31. The monoisotopic (exact) mass is 345 g/mol. The van der Waals surface area contributed by atoms with E-state index in [2.05, 4.69) is 10.2 Å². The van der Waals surface area contributed by atoms with Gasteiger partial charge in [-0.25, -0.2) is 4.79 Å². The molecule has 1 aromatic carbocycles. The van der Waals surface area contributed by atoms with Crippen molar-refractivity contribution < 1.29 is 14.3 Å². The second-order valence-electron chi connectivity index (χ2n) is 7.10. The summed E-state index contributed by atoms with van der Waals surface area (Å²) in [4.78, 5) is 17.0. The second kappa shape index (κ2) is 7.62. The third-order valence-corrected chi connectivity index (χ3v) is 5.40. The number of urea groups is 1. The molecule has 0 aliphatic carbocycles. The number of para-hydroxylation sites is 1. The largest absolute Gasteiger partial charge is 0.493 e. The van der Waals surface area contributed by atoms with E-state index in [1.54, 1.807) is 0 Å². The van der Waals surface area contributed by atoms with Crippen molar-refractivity contribution in [2.24, 2.45) is 0 Å². The fourth-order valence-corrected chi connectivity index (χ4v) is 3.94. The molecule has 2 atom stereocenters. The third kappa shape index (κ3) is 3.90.